The summed E-state index contributed by atoms with van der Waals surface area (Å²) in [4.78, 5) is 0. The molecule has 112 valence electrons. The molecular weight excluding hydrogens is 282 g/mol. The van der Waals surface area contributed by atoms with Crippen LogP contribution < -0.4 is 10.1 Å². The molecule has 0 bridgehead atoms. The molecule has 0 unspecified atom stereocenters. The summed E-state index contributed by atoms with van der Waals surface area (Å²) in [5.74, 6) is 0.892. The molecule has 1 N–H and O–H groups in total. The van der Waals surface area contributed by atoms with Crippen LogP contribution in [0.5, 0.6) is 5.75 Å². The topological polar surface area (TPSA) is 21.3 Å². The summed E-state index contributed by atoms with van der Waals surface area (Å²) in [5.41, 5.74) is 4.87. The van der Waals surface area contributed by atoms with Crippen molar-refractivity contribution < 1.29 is 4.74 Å². The van der Waals surface area contributed by atoms with Crippen LogP contribution >= 0.6 is 11.6 Å². The SMILES string of the molecule is CCNCc1cc(Cl)ccc1OCc1c(C)cccc1C. The maximum absolute atomic E-state index is 6.08. The van der Waals surface area contributed by atoms with E-state index in [9.17, 15) is 0 Å². The Labute approximate surface area is 132 Å². The molecule has 0 saturated carbocycles. The highest BCUT2D eigenvalue weighted by Crippen LogP contribution is 2.25. The summed E-state index contributed by atoms with van der Waals surface area (Å²) in [6, 6.07) is 12.1. The van der Waals surface area contributed by atoms with Crippen LogP contribution in [0.15, 0.2) is 36.4 Å². The molecule has 2 aromatic rings. The lowest BCUT2D eigenvalue weighted by Crippen LogP contribution is -2.13. The summed E-state index contributed by atoms with van der Waals surface area (Å²) in [6.07, 6.45) is 0. The van der Waals surface area contributed by atoms with Gasteiger partial charge in [-0.1, -0.05) is 36.7 Å². The van der Waals surface area contributed by atoms with E-state index < -0.39 is 0 Å². The smallest absolute Gasteiger partial charge is 0.124 e. The van der Waals surface area contributed by atoms with Gasteiger partial charge in [0.25, 0.3) is 0 Å². The van der Waals surface area contributed by atoms with Crippen LogP contribution in [0, 0.1) is 13.8 Å². The minimum absolute atomic E-state index is 0.583. The van der Waals surface area contributed by atoms with Gasteiger partial charge in [0.05, 0.1) is 0 Å². The molecule has 0 heterocycles. The van der Waals surface area contributed by atoms with E-state index in [2.05, 4.69) is 44.3 Å². The van der Waals surface area contributed by atoms with Gasteiger partial charge in [0.15, 0.2) is 0 Å². The number of rotatable bonds is 6. The average Bonchev–Trinajstić information content (AvgIpc) is 2.46. The maximum atomic E-state index is 6.08. The van der Waals surface area contributed by atoms with E-state index >= 15 is 0 Å². The number of ether oxygens (including phenoxy) is 1. The number of hydrogen-bond acceptors (Lipinski definition) is 2. The molecule has 0 radical (unpaired) electrons. The van der Waals surface area contributed by atoms with E-state index in [-0.39, 0.29) is 0 Å². The number of nitrogens with one attached hydrogen (secondary N) is 1. The minimum Gasteiger partial charge on any atom is -0.489 e. The van der Waals surface area contributed by atoms with E-state index in [0.717, 1.165) is 29.4 Å². The van der Waals surface area contributed by atoms with Gasteiger partial charge in [0.1, 0.15) is 12.4 Å². The predicted octanol–water partition coefficient (Wildman–Crippen LogP) is 4.65. The maximum Gasteiger partial charge on any atom is 0.124 e. The molecule has 0 amide bonds. The third-order valence-electron chi connectivity index (χ3n) is 3.60. The molecule has 0 aliphatic rings. The summed E-state index contributed by atoms with van der Waals surface area (Å²) in [5, 5.41) is 4.05. The molecule has 0 saturated heterocycles. The Morgan fingerprint density at radius 3 is 2.48 bits per heavy atom. The molecular formula is C18H22ClNO. The normalized spacial score (nSPS) is 10.7. The Morgan fingerprint density at radius 2 is 1.81 bits per heavy atom. The highest BCUT2D eigenvalue weighted by atomic mass is 35.5. The van der Waals surface area contributed by atoms with Crippen molar-refractivity contribution in [1.29, 1.82) is 0 Å². The second kappa shape index (κ2) is 7.48. The van der Waals surface area contributed by atoms with Gasteiger partial charge in [-0.2, -0.15) is 0 Å². The molecule has 0 aliphatic heterocycles. The van der Waals surface area contributed by atoms with Crippen molar-refractivity contribution in [3.63, 3.8) is 0 Å². The van der Waals surface area contributed by atoms with Gasteiger partial charge in [-0.15, -0.1) is 0 Å². The van der Waals surface area contributed by atoms with E-state index in [1.165, 1.54) is 16.7 Å². The fourth-order valence-electron chi connectivity index (χ4n) is 2.31. The van der Waals surface area contributed by atoms with E-state index in [4.69, 9.17) is 16.3 Å². The van der Waals surface area contributed by atoms with Crippen molar-refractivity contribution in [2.45, 2.75) is 33.9 Å². The molecule has 2 rings (SSSR count). The first kappa shape index (κ1) is 15.9. The molecule has 3 heteroatoms. The van der Waals surface area contributed by atoms with Crippen LogP contribution in [0.2, 0.25) is 5.02 Å². The summed E-state index contributed by atoms with van der Waals surface area (Å²) >= 11 is 6.08. The van der Waals surface area contributed by atoms with Gasteiger partial charge in [0, 0.05) is 17.1 Å². The third-order valence-corrected chi connectivity index (χ3v) is 3.84. The second-order valence-corrected chi connectivity index (χ2v) is 5.63. The summed E-state index contributed by atoms with van der Waals surface area (Å²) in [6.45, 7) is 8.59. The van der Waals surface area contributed by atoms with Crippen molar-refractivity contribution >= 4 is 11.6 Å². The molecule has 0 spiro atoms. The molecule has 0 aromatic heterocycles. The van der Waals surface area contributed by atoms with Crippen molar-refractivity contribution in [2.24, 2.45) is 0 Å². The molecule has 2 nitrogen and oxygen atoms in total. The first-order chi connectivity index (χ1) is 10.1. The molecule has 0 aliphatic carbocycles. The zero-order valence-electron chi connectivity index (χ0n) is 12.9. The number of halogens is 1. The van der Waals surface area contributed by atoms with E-state index in [0.29, 0.717) is 6.61 Å². The second-order valence-electron chi connectivity index (χ2n) is 5.19. The van der Waals surface area contributed by atoms with Crippen LogP contribution in [-0.2, 0) is 13.2 Å². The predicted molar refractivity (Wildman–Crippen MR) is 89.1 cm³/mol. The number of hydrogen-bond donors (Lipinski definition) is 1. The lowest BCUT2D eigenvalue weighted by Gasteiger charge is -2.15. The third kappa shape index (κ3) is 4.23. The Hall–Kier alpha value is -1.51. The van der Waals surface area contributed by atoms with Crippen LogP contribution in [0.3, 0.4) is 0 Å². The van der Waals surface area contributed by atoms with E-state index in [1.54, 1.807) is 0 Å². The highest BCUT2D eigenvalue weighted by Gasteiger charge is 2.07. The molecule has 2 aromatic carbocycles. The van der Waals surface area contributed by atoms with Gasteiger partial charge in [-0.25, -0.2) is 0 Å². The van der Waals surface area contributed by atoms with Gasteiger partial charge >= 0.3 is 0 Å². The Morgan fingerprint density at radius 1 is 1.10 bits per heavy atom. The highest BCUT2D eigenvalue weighted by molar-refractivity contribution is 6.30. The van der Waals surface area contributed by atoms with Crippen molar-refractivity contribution in [1.82, 2.24) is 5.32 Å². The van der Waals surface area contributed by atoms with Gasteiger partial charge in [-0.05, 0) is 55.3 Å². The van der Waals surface area contributed by atoms with Crippen molar-refractivity contribution in [3.05, 3.63) is 63.7 Å². The summed E-state index contributed by atoms with van der Waals surface area (Å²) in [7, 11) is 0. The largest absolute Gasteiger partial charge is 0.489 e. The zero-order valence-corrected chi connectivity index (χ0v) is 13.6. The van der Waals surface area contributed by atoms with Gasteiger partial charge < -0.3 is 10.1 Å². The molecule has 21 heavy (non-hydrogen) atoms. The first-order valence-electron chi connectivity index (χ1n) is 7.29. The molecule has 0 fully saturated rings. The minimum atomic E-state index is 0.583. The lowest BCUT2D eigenvalue weighted by molar-refractivity contribution is 0.300. The van der Waals surface area contributed by atoms with Crippen LogP contribution in [0.25, 0.3) is 0 Å². The monoisotopic (exact) mass is 303 g/mol. The fourth-order valence-corrected chi connectivity index (χ4v) is 2.51. The van der Waals surface area contributed by atoms with Crippen LogP contribution in [0.4, 0.5) is 0 Å². The van der Waals surface area contributed by atoms with Crippen molar-refractivity contribution in [3.8, 4) is 5.75 Å². The van der Waals surface area contributed by atoms with Crippen molar-refractivity contribution in [2.75, 3.05) is 6.54 Å². The lowest BCUT2D eigenvalue weighted by atomic mass is 10.0. The molecule has 0 atom stereocenters. The Balaban J connectivity index is 2.16. The quantitative estimate of drug-likeness (QED) is 0.839. The summed E-state index contributed by atoms with van der Waals surface area (Å²) < 4.78 is 6.04. The number of aryl methyl sites for hydroxylation is 2. The van der Waals surface area contributed by atoms with Crippen LogP contribution in [-0.4, -0.2) is 6.54 Å². The van der Waals surface area contributed by atoms with E-state index in [1.807, 2.05) is 18.2 Å². The zero-order chi connectivity index (χ0) is 15.2. The fraction of sp³-hybridized carbons (Fsp3) is 0.333. The Bertz CT molecular complexity index is 590. The Kier molecular flexibility index (Phi) is 5.66. The van der Waals surface area contributed by atoms with Gasteiger partial charge in [-0.3, -0.25) is 0 Å². The standard InChI is InChI=1S/C18H22ClNO/c1-4-20-11-15-10-16(19)8-9-18(15)21-12-17-13(2)6-5-7-14(17)3/h5-10,20H,4,11-12H2,1-3H3. The number of benzene rings is 2. The van der Waals surface area contributed by atoms with Crippen LogP contribution in [0.1, 0.15) is 29.2 Å². The first-order valence-corrected chi connectivity index (χ1v) is 7.66. The average molecular weight is 304 g/mol. The van der Waals surface area contributed by atoms with Gasteiger partial charge in [0.2, 0.25) is 0 Å².